The molecule has 5 heterocycles. The van der Waals surface area contributed by atoms with Gasteiger partial charge in [-0.2, -0.15) is 0 Å². The van der Waals surface area contributed by atoms with Gasteiger partial charge in [-0.3, -0.25) is 0 Å². The van der Waals surface area contributed by atoms with Gasteiger partial charge in [0.25, 0.3) is 6.71 Å². The molecule has 0 radical (unpaired) electrons. The predicted molar refractivity (Wildman–Crippen MR) is 359 cm³/mol. The molecule has 3 aliphatic carbocycles. The van der Waals surface area contributed by atoms with Gasteiger partial charge in [0.2, 0.25) is 0 Å². The Morgan fingerprint density at radius 1 is 0.405 bits per heavy atom. The molecule has 4 nitrogen and oxygen atoms in total. The summed E-state index contributed by atoms with van der Waals surface area (Å²) in [7, 11) is 0. The molecule has 6 aliphatic rings. The topological polar surface area (TPSA) is 22.9 Å². The molecule has 1 saturated carbocycles. The van der Waals surface area contributed by atoms with Crippen molar-refractivity contribution in [2.75, 3.05) is 14.7 Å². The molecular formula is C78H74BN3OS. The van der Waals surface area contributed by atoms with E-state index in [2.05, 4.69) is 254 Å². The highest BCUT2D eigenvalue weighted by Gasteiger charge is 2.59. The minimum absolute atomic E-state index is 0.00286. The fourth-order valence-corrected chi connectivity index (χ4v) is 18.7. The SMILES string of the molecule is CC1(C)CCC(C)(C)c2cc3c(cc21)B1c2cc4c(cc2N(c2cccc5c2sc2ccccc25)c2cc(N5c6ccc(-c7ccccc7)cc6C6(C)CCCCC56C)cc(c21)N3c1cccc2c1oc1ccccc12)C(C)(C)CCC4(C)C. The lowest BCUT2D eigenvalue weighted by molar-refractivity contribution is 0.195. The van der Waals surface area contributed by atoms with Crippen LogP contribution in [0.4, 0.5) is 45.5 Å². The van der Waals surface area contributed by atoms with E-state index in [-0.39, 0.29) is 39.3 Å². The van der Waals surface area contributed by atoms with E-state index in [4.69, 9.17) is 4.42 Å². The van der Waals surface area contributed by atoms with Gasteiger partial charge in [0, 0.05) is 65.8 Å². The van der Waals surface area contributed by atoms with E-state index in [1.165, 1.54) is 128 Å². The van der Waals surface area contributed by atoms with Crippen molar-refractivity contribution in [2.45, 2.75) is 153 Å². The van der Waals surface area contributed by atoms with Crippen LogP contribution in [0.25, 0.3) is 53.2 Å². The van der Waals surface area contributed by atoms with Crippen molar-refractivity contribution in [2.24, 2.45) is 0 Å². The molecule has 0 spiro atoms. The molecule has 6 heteroatoms. The van der Waals surface area contributed by atoms with Gasteiger partial charge in [-0.1, -0.05) is 184 Å². The number of para-hydroxylation sites is 2. The van der Waals surface area contributed by atoms with Crippen molar-refractivity contribution >= 4 is 122 Å². The first-order chi connectivity index (χ1) is 40.4. The van der Waals surface area contributed by atoms with Gasteiger partial charge < -0.3 is 19.1 Å². The fraction of sp³-hybridized carbons (Fsp3) is 0.308. The summed E-state index contributed by atoms with van der Waals surface area (Å²) < 4.78 is 9.89. The van der Waals surface area contributed by atoms with Crippen molar-refractivity contribution in [3.8, 4) is 11.1 Å². The first-order valence-electron chi connectivity index (χ1n) is 31.3. The second-order valence-electron chi connectivity index (χ2n) is 29.2. The smallest absolute Gasteiger partial charge is 0.252 e. The number of benzene rings is 9. The van der Waals surface area contributed by atoms with Crippen LogP contribution in [0.3, 0.4) is 0 Å². The van der Waals surface area contributed by atoms with E-state index in [1.54, 1.807) is 0 Å². The Labute approximate surface area is 500 Å². The van der Waals surface area contributed by atoms with Crippen molar-refractivity contribution in [1.29, 1.82) is 0 Å². The number of rotatable bonds is 4. The maximum Gasteiger partial charge on any atom is 0.252 e. The summed E-state index contributed by atoms with van der Waals surface area (Å²) in [5, 5.41) is 4.92. The van der Waals surface area contributed by atoms with Crippen LogP contribution in [0.1, 0.15) is 148 Å². The third-order valence-electron chi connectivity index (χ3n) is 22.7. The van der Waals surface area contributed by atoms with Gasteiger partial charge in [0.15, 0.2) is 5.58 Å². The lowest BCUT2D eigenvalue weighted by atomic mass is 9.32. The van der Waals surface area contributed by atoms with Crippen molar-refractivity contribution in [3.05, 3.63) is 198 Å². The minimum atomic E-state index is -0.217. The zero-order valence-corrected chi connectivity index (χ0v) is 51.4. The molecule has 0 amide bonds. The fourth-order valence-electron chi connectivity index (χ4n) is 17.5. The van der Waals surface area contributed by atoms with Gasteiger partial charge in [-0.15, -0.1) is 11.3 Å². The van der Waals surface area contributed by atoms with Gasteiger partial charge >= 0.3 is 0 Å². The van der Waals surface area contributed by atoms with E-state index >= 15 is 0 Å². The van der Waals surface area contributed by atoms with E-state index in [9.17, 15) is 0 Å². The highest BCUT2D eigenvalue weighted by Crippen LogP contribution is 2.63. The Bertz CT molecular complexity index is 4430. The number of furan rings is 1. The van der Waals surface area contributed by atoms with E-state index in [0.29, 0.717) is 0 Å². The molecule has 2 atom stereocenters. The molecule has 1 fully saturated rings. The number of fused-ring (bicyclic) bond motifs is 15. The Morgan fingerprint density at radius 3 is 1.62 bits per heavy atom. The molecular weight excluding hydrogens is 1040 g/mol. The number of hydrogen-bond donors (Lipinski definition) is 0. The van der Waals surface area contributed by atoms with Crippen LogP contribution in [-0.2, 0) is 27.1 Å². The Kier molecular flexibility index (Phi) is 10.4. The maximum atomic E-state index is 7.24. The summed E-state index contributed by atoms with van der Waals surface area (Å²) in [6, 6.07) is 66.4. The molecule has 0 saturated heterocycles. The summed E-state index contributed by atoms with van der Waals surface area (Å²) in [5.74, 6) is 0. The third kappa shape index (κ3) is 6.78. The second-order valence-corrected chi connectivity index (χ2v) is 30.3. The highest BCUT2D eigenvalue weighted by atomic mass is 32.1. The second kappa shape index (κ2) is 17.1. The van der Waals surface area contributed by atoms with Gasteiger partial charge in [0.1, 0.15) is 5.58 Å². The van der Waals surface area contributed by atoms with E-state index < -0.39 is 0 Å². The number of anilines is 8. The first-order valence-corrected chi connectivity index (χ1v) is 32.1. The van der Waals surface area contributed by atoms with Crippen LogP contribution in [0.15, 0.2) is 174 Å². The lowest BCUT2D eigenvalue weighted by Crippen LogP contribution is -2.62. The summed E-state index contributed by atoms with van der Waals surface area (Å²) in [6.45, 7) is 25.2. The Hall–Kier alpha value is -7.54. The van der Waals surface area contributed by atoms with Crippen LogP contribution in [0.2, 0.25) is 0 Å². The molecule has 0 bridgehead atoms. The summed E-state index contributed by atoms with van der Waals surface area (Å²) >= 11 is 1.95. The monoisotopic (exact) mass is 1110 g/mol. The lowest BCUT2D eigenvalue weighted by Gasteiger charge is -2.51. The van der Waals surface area contributed by atoms with Crippen LogP contribution >= 0.6 is 11.3 Å². The van der Waals surface area contributed by atoms with E-state index in [1.807, 2.05) is 11.3 Å². The highest BCUT2D eigenvalue weighted by molar-refractivity contribution is 7.26. The zero-order valence-electron chi connectivity index (χ0n) is 50.6. The molecule has 416 valence electrons. The average Bonchev–Trinajstić information content (AvgIpc) is 1.06. The number of hydrogen-bond acceptors (Lipinski definition) is 5. The summed E-state index contributed by atoms with van der Waals surface area (Å²) in [5.41, 5.74) is 25.6. The van der Waals surface area contributed by atoms with Gasteiger partial charge in [-0.25, -0.2) is 0 Å². The minimum Gasteiger partial charge on any atom is -0.454 e. The van der Waals surface area contributed by atoms with Crippen LogP contribution < -0.4 is 31.1 Å². The van der Waals surface area contributed by atoms with Crippen LogP contribution in [-0.4, -0.2) is 12.3 Å². The zero-order chi connectivity index (χ0) is 57.2. The van der Waals surface area contributed by atoms with Crippen molar-refractivity contribution < 1.29 is 4.42 Å². The van der Waals surface area contributed by atoms with Gasteiger partial charge in [-0.05, 0) is 183 Å². The van der Waals surface area contributed by atoms with Crippen molar-refractivity contribution in [3.63, 3.8) is 0 Å². The largest absolute Gasteiger partial charge is 0.454 e. The number of nitrogens with zero attached hydrogens (tertiary/aromatic N) is 3. The van der Waals surface area contributed by atoms with Crippen LogP contribution in [0, 0.1) is 0 Å². The summed E-state index contributed by atoms with van der Waals surface area (Å²) in [4.78, 5) is 8.32. The third-order valence-corrected chi connectivity index (χ3v) is 23.9. The maximum absolute atomic E-state index is 7.24. The molecule has 2 aromatic heterocycles. The predicted octanol–water partition coefficient (Wildman–Crippen LogP) is 20.1. The van der Waals surface area contributed by atoms with Gasteiger partial charge in [0.05, 0.1) is 21.6 Å². The quantitative estimate of drug-likeness (QED) is 0.164. The molecule has 17 rings (SSSR count). The molecule has 84 heavy (non-hydrogen) atoms. The van der Waals surface area contributed by atoms with Crippen LogP contribution in [0.5, 0.6) is 0 Å². The normalized spacial score (nSPS) is 21.9. The molecule has 0 N–H and O–H groups in total. The molecule has 2 unspecified atom stereocenters. The summed E-state index contributed by atoms with van der Waals surface area (Å²) in [6.07, 6.45) is 9.22. The first kappa shape index (κ1) is 50.9. The number of thiophene rings is 1. The molecule has 11 aromatic rings. The average molecular weight is 1110 g/mol. The Morgan fingerprint density at radius 2 is 0.952 bits per heavy atom. The Balaban J connectivity index is 1.05. The standard InChI is InChI=1S/C78H74BN3OS/c1-73(2)36-38-75(5,6)56-45-64-59(43-54(56)73)79-60-44-55-57(76(7,8)39-37-74(55,3)4)46-65(60)81(63-29-21-27-53-51-25-15-17-31-69(51)84-72(53)63)67-42-49(41-66(70(67)79)80(64)62-28-20-26-52-50-24-14-16-30-68(50)83-71(52)62)82-61-33-32-48(47-22-12-11-13-23-47)40-58(61)77(9)34-18-19-35-78(77,82)10/h11-17,20-33,40-46H,18-19,34-39H2,1-10H3. The molecule has 3 aliphatic heterocycles. The van der Waals surface area contributed by atoms with E-state index in [0.717, 1.165) is 66.2 Å². The molecule has 9 aromatic carbocycles. The van der Waals surface area contributed by atoms with Crippen molar-refractivity contribution in [1.82, 2.24) is 0 Å².